The lowest BCUT2D eigenvalue weighted by Crippen LogP contribution is -2.34. The van der Waals surface area contributed by atoms with E-state index in [9.17, 15) is 14.3 Å². The van der Waals surface area contributed by atoms with E-state index in [0.29, 0.717) is 17.3 Å². The molecule has 0 aliphatic carbocycles. The summed E-state index contributed by atoms with van der Waals surface area (Å²) in [5.41, 5.74) is 6.86. The zero-order valence-electron chi connectivity index (χ0n) is 12.9. The molecule has 0 radical (unpaired) electrons. The maximum absolute atomic E-state index is 13.0. The number of carbonyl (C=O) groups excluding carboxylic acids is 1. The van der Waals surface area contributed by atoms with Gasteiger partial charge < -0.3 is 5.11 Å². The van der Waals surface area contributed by atoms with Crippen molar-refractivity contribution in [2.75, 3.05) is 7.05 Å². The van der Waals surface area contributed by atoms with Gasteiger partial charge >= 0.3 is 0 Å². The number of fused-ring (bicyclic) bond motifs is 1. The molecule has 24 heavy (non-hydrogen) atoms. The smallest absolute Gasteiger partial charge is 0.287 e. The van der Waals surface area contributed by atoms with Gasteiger partial charge in [-0.05, 0) is 35.7 Å². The number of aromatic hydroxyl groups is 1. The number of nitrogens with zero attached hydrogens (tertiary/aromatic N) is 2. The number of aromatic nitrogens is 2. The van der Waals surface area contributed by atoms with Crippen molar-refractivity contribution in [3.8, 4) is 5.75 Å². The van der Waals surface area contributed by atoms with Crippen molar-refractivity contribution >= 4 is 16.8 Å². The van der Waals surface area contributed by atoms with Crippen LogP contribution >= 0.6 is 0 Å². The fraction of sp³-hybridized carbons (Fsp3) is 0.118. The third-order valence-electron chi connectivity index (χ3n) is 3.53. The Kier molecular flexibility index (Phi) is 4.35. The summed E-state index contributed by atoms with van der Waals surface area (Å²) in [6, 6.07) is 8.06. The lowest BCUT2D eigenvalue weighted by atomic mass is 10.0. The summed E-state index contributed by atoms with van der Waals surface area (Å²) in [4.78, 5) is 20.0. The Labute approximate surface area is 137 Å². The number of hydrogen-bond acceptors (Lipinski definition) is 5. The molecule has 0 unspecified atom stereocenters. The maximum Gasteiger partial charge on any atom is 0.287 e. The van der Waals surface area contributed by atoms with E-state index < -0.39 is 5.91 Å². The Hall–Kier alpha value is -3.06. The molecule has 0 fully saturated rings. The van der Waals surface area contributed by atoms with E-state index in [0.717, 1.165) is 11.1 Å². The second kappa shape index (κ2) is 6.59. The molecule has 2 heterocycles. The number of hydrazine groups is 1. The van der Waals surface area contributed by atoms with Gasteiger partial charge in [-0.15, -0.1) is 0 Å². The molecule has 0 bridgehead atoms. The monoisotopic (exact) mass is 326 g/mol. The van der Waals surface area contributed by atoms with Gasteiger partial charge in [0, 0.05) is 24.8 Å². The van der Waals surface area contributed by atoms with Crippen LogP contribution in [0.1, 0.15) is 21.6 Å². The number of carbonyl (C=O) groups is 1. The van der Waals surface area contributed by atoms with Crippen LogP contribution in [-0.2, 0) is 6.42 Å². The van der Waals surface area contributed by atoms with Gasteiger partial charge in [0.1, 0.15) is 11.3 Å². The quantitative estimate of drug-likeness (QED) is 0.638. The minimum absolute atomic E-state index is 0.101. The number of rotatable bonds is 4. The zero-order chi connectivity index (χ0) is 17.1. The van der Waals surface area contributed by atoms with Crippen molar-refractivity contribution in [2.45, 2.75) is 6.42 Å². The fourth-order valence-electron chi connectivity index (χ4n) is 2.40. The van der Waals surface area contributed by atoms with Crippen molar-refractivity contribution in [3.05, 3.63) is 65.4 Å². The molecule has 0 atom stereocenters. The van der Waals surface area contributed by atoms with E-state index in [-0.39, 0.29) is 17.3 Å². The molecule has 2 aromatic heterocycles. The summed E-state index contributed by atoms with van der Waals surface area (Å²) in [6.07, 6.45) is 3.68. The van der Waals surface area contributed by atoms with Crippen molar-refractivity contribution in [1.29, 1.82) is 0 Å². The zero-order valence-corrected chi connectivity index (χ0v) is 12.9. The van der Waals surface area contributed by atoms with Crippen LogP contribution < -0.4 is 10.9 Å². The summed E-state index contributed by atoms with van der Waals surface area (Å²) in [5, 5.41) is 10.8. The van der Waals surface area contributed by atoms with Gasteiger partial charge in [0.2, 0.25) is 0 Å². The molecule has 0 saturated heterocycles. The highest BCUT2D eigenvalue weighted by Crippen LogP contribution is 2.26. The molecule has 1 amide bonds. The van der Waals surface area contributed by atoms with Gasteiger partial charge in [0.05, 0.1) is 0 Å². The third kappa shape index (κ3) is 3.16. The van der Waals surface area contributed by atoms with Gasteiger partial charge in [-0.1, -0.05) is 12.1 Å². The molecular weight excluding hydrogens is 311 g/mol. The average molecular weight is 326 g/mol. The van der Waals surface area contributed by atoms with Crippen LogP contribution in [0.25, 0.3) is 10.9 Å². The van der Waals surface area contributed by atoms with Crippen LogP contribution in [-0.4, -0.2) is 28.0 Å². The highest BCUT2D eigenvalue weighted by atomic mass is 19.1. The minimum Gasteiger partial charge on any atom is -0.504 e. The van der Waals surface area contributed by atoms with E-state index in [1.54, 1.807) is 18.3 Å². The van der Waals surface area contributed by atoms with Crippen LogP contribution in [0, 0.1) is 5.82 Å². The molecule has 6 nitrogen and oxygen atoms in total. The highest BCUT2D eigenvalue weighted by molar-refractivity contribution is 6.00. The van der Waals surface area contributed by atoms with E-state index in [2.05, 4.69) is 20.8 Å². The number of nitrogens with one attached hydrogen (secondary N) is 2. The van der Waals surface area contributed by atoms with Gasteiger partial charge in [-0.3, -0.25) is 15.2 Å². The second-order valence-electron chi connectivity index (χ2n) is 5.24. The van der Waals surface area contributed by atoms with Crippen molar-refractivity contribution < 1.29 is 14.3 Å². The number of pyridine rings is 2. The first-order valence-corrected chi connectivity index (χ1v) is 7.26. The minimum atomic E-state index is -0.547. The van der Waals surface area contributed by atoms with Crippen LogP contribution in [0.2, 0.25) is 0 Å². The van der Waals surface area contributed by atoms with Gasteiger partial charge in [0.25, 0.3) is 5.91 Å². The Balaban J connectivity index is 1.93. The number of hydrogen-bond donors (Lipinski definition) is 3. The maximum atomic E-state index is 13.0. The second-order valence-corrected chi connectivity index (χ2v) is 5.24. The standard InChI is InChI=1S/C17H15FN4O2/c1-19-22-17(24)15-16(23)14-12(9-21-15)7-11(8-20-14)6-10-2-4-13(18)5-3-10/h2-5,7-9,19,23H,6H2,1H3,(H,22,24). The highest BCUT2D eigenvalue weighted by Gasteiger charge is 2.16. The molecule has 7 heteroatoms. The molecule has 0 saturated carbocycles. The first-order chi connectivity index (χ1) is 11.6. The van der Waals surface area contributed by atoms with Crippen LogP contribution in [0.5, 0.6) is 5.75 Å². The van der Waals surface area contributed by atoms with E-state index >= 15 is 0 Å². The SMILES string of the molecule is CNNC(=O)c1ncc2cc(Cc3ccc(F)cc3)cnc2c1O. The molecule has 0 aliphatic heterocycles. The average Bonchev–Trinajstić information content (AvgIpc) is 2.57. The first-order valence-electron chi connectivity index (χ1n) is 7.26. The largest absolute Gasteiger partial charge is 0.504 e. The molecule has 0 aliphatic rings. The molecule has 1 aromatic carbocycles. The lowest BCUT2D eigenvalue weighted by molar-refractivity contribution is 0.0930. The Morgan fingerprint density at radius 1 is 1.17 bits per heavy atom. The molecular formula is C17H15FN4O2. The summed E-state index contributed by atoms with van der Waals surface area (Å²) < 4.78 is 13.0. The van der Waals surface area contributed by atoms with Crippen molar-refractivity contribution in [2.24, 2.45) is 0 Å². The number of halogens is 1. The molecule has 122 valence electrons. The number of amides is 1. The van der Waals surface area contributed by atoms with Crippen LogP contribution in [0.15, 0.2) is 42.7 Å². The molecule has 3 rings (SSSR count). The van der Waals surface area contributed by atoms with E-state index in [4.69, 9.17) is 0 Å². The van der Waals surface area contributed by atoms with Crippen LogP contribution in [0.3, 0.4) is 0 Å². The summed E-state index contributed by atoms with van der Waals surface area (Å²) in [7, 11) is 1.54. The fourth-order valence-corrected chi connectivity index (χ4v) is 2.40. The normalized spacial score (nSPS) is 10.8. The molecule has 3 N–H and O–H groups in total. The number of benzene rings is 1. The van der Waals surface area contributed by atoms with E-state index in [1.165, 1.54) is 25.4 Å². The topological polar surface area (TPSA) is 87.1 Å². The van der Waals surface area contributed by atoms with E-state index in [1.807, 2.05) is 6.07 Å². The van der Waals surface area contributed by atoms with Crippen molar-refractivity contribution in [3.63, 3.8) is 0 Å². The lowest BCUT2D eigenvalue weighted by Gasteiger charge is -2.08. The molecule has 0 spiro atoms. The summed E-state index contributed by atoms with van der Waals surface area (Å²) in [5.74, 6) is -1.10. The summed E-state index contributed by atoms with van der Waals surface area (Å²) in [6.45, 7) is 0. The first kappa shape index (κ1) is 15.8. The van der Waals surface area contributed by atoms with Gasteiger partial charge in [0.15, 0.2) is 11.4 Å². The predicted molar refractivity (Wildman–Crippen MR) is 86.9 cm³/mol. The third-order valence-corrected chi connectivity index (χ3v) is 3.53. The summed E-state index contributed by atoms with van der Waals surface area (Å²) >= 11 is 0. The van der Waals surface area contributed by atoms with Gasteiger partial charge in [-0.25, -0.2) is 14.8 Å². The Morgan fingerprint density at radius 2 is 1.92 bits per heavy atom. The van der Waals surface area contributed by atoms with Gasteiger partial charge in [-0.2, -0.15) is 0 Å². The van der Waals surface area contributed by atoms with Crippen molar-refractivity contribution in [1.82, 2.24) is 20.8 Å². The Morgan fingerprint density at radius 3 is 2.62 bits per heavy atom. The van der Waals surface area contributed by atoms with Crippen LogP contribution in [0.4, 0.5) is 4.39 Å². The Bertz CT molecular complexity index is 897. The predicted octanol–water partition coefficient (Wildman–Crippen LogP) is 1.93. The molecule has 3 aromatic rings.